The summed E-state index contributed by atoms with van der Waals surface area (Å²) in [5.74, 6) is 0. The molecule has 0 saturated heterocycles. The zero-order valence-electron chi connectivity index (χ0n) is 12.2. The van der Waals surface area contributed by atoms with Gasteiger partial charge in [-0.05, 0) is 36.2 Å². The molecule has 3 aromatic rings. The molecule has 21 heavy (non-hydrogen) atoms. The largest absolute Gasteiger partial charge is 0.326 e. The van der Waals surface area contributed by atoms with Crippen LogP contribution in [0.1, 0.15) is 11.3 Å². The number of hydrogen-bond donors (Lipinski definition) is 1. The quantitative estimate of drug-likeness (QED) is 0.801. The molecule has 0 spiro atoms. The van der Waals surface area contributed by atoms with Crippen LogP contribution >= 0.6 is 0 Å². The Balaban J connectivity index is 2.17. The Morgan fingerprint density at radius 3 is 2.76 bits per heavy atom. The number of hydrogen-bond acceptors (Lipinski definition) is 3. The van der Waals surface area contributed by atoms with Crippen molar-refractivity contribution >= 4 is 0 Å². The van der Waals surface area contributed by atoms with Crippen molar-refractivity contribution < 1.29 is 0 Å². The summed E-state index contributed by atoms with van der Waals surface area (Å²) in [6, 6.07) is 12.4. The van der Waals surface area contributed by atoms with Crippen molar-refractivity contribution in [3.8, 4) is 22.4 Å². The van der Waals surface area contributed by atoms with Gasteiger partial charge < -0.3 is 5.73 Å². The van der Waals surface area contributed by atoms with Crippen molar-refractivity contribution in [2.24, 2.45) is 12.8 Å². The van der Waals surface area contributed by atoms with E-state index >= 15 is 0 Å². The minimum atomic E-state index is 0.537. The van der Waals surface area contributed by atoms with Crippen LogP contribution in [0.3, 0.4) is 0 Å². The Labute approximate surface area is 124 Å². The molecule has 1 aromatic carbocycles. The number of aryl methyl sites for hydroxylation is 2. The molecule has 106 valence electrons. The second-order valence-electron chi connectivity index (χ2n) is 5.12. The topological polar surface area (TPSA) is 56.7 Å². The third-order valence-electron chi connectivity index (χ3n) is 3.58. The average Bonchev–Trinajstić information content (AvgIpc) is 2.89. The van der Waals surface area contributed by atoms with E-state index in [4.69, 9.17) is 5.73 Å². The lowest BCUT2D eigenvalue weighted by atomic mass is 10.0. The number of benzene rings is 1. The van der Waals surface area contributed by atoms with Crippen molar-refractivity contribution in [3.63, 3.8) is 0 Å². The molecule has 0 radical (unpaired) electrons. The normalized spacial score (nSPS) is 10.8. The Bertz CT molecular complexity index is 774. The van der Waals surface area contributed by atoms with Crippen molar-refractivity contribution in [1.29, 1.82) is 0 Å². The maximum atomic E-state index is 5.75. The summed E-state index contributed by atoms with van der Waals surface area (Å²) >= 11 is 0. The van der Waals surface area contributed by atoms with Crippen molar-refractivity contribution in [2.75, 3.05) is 0 Å². The fourth-order valence-electron chi connectivity index (χ4n) is 2.55. The van der Waals surface area contributed by atoms with Gasteiger partial charge in [-0.2, -0.15) is 5.10 Å². The van der Waals surface area contributed by atoms with E-state index in [-0.39, 0.29) is 0 Å². The van der Waals surface area contributed by atoms with Crippen LogP contribution in [0.25, 0.3) is 22.4 Å². The Morgan fingerprint density at radius 2 is 2.00 bits per heavy atom. The van der Waals surface area contributed by atoms with Gasteiger partial charge in [0.2, 0.25) is 0 Å². The van der Waals surface area contributed by atoms with Gasteiger partial charge in [0, 0.05) is 36.6 Å². The molecule has 0 amide bonds. The first kappa shape index (κ1) is 13.5. The molecule has 0 atom stereocenters. The maximum Gasteiger partial charge on any atom is 0.0757 e. The molecule has 0 aliphatic heterocycles. The van der Waals surface area contributed by atoms with E-state index in [1.165, 1.54) is 0 Å². The maximum absolute atomic E-state index is 5.75. The van der Waals surface area contributed by atoms with Gasteiger partial charge >= 0.3 is 0 Å². The number of rotatable bonds is 3. The summed E-state index contributed by atoms with van der Waals surface area (Å²) in [6.45, 7) is 2.53. The molecule has 4 nitrogen and oxygen atoms in total. The highest BCUT2D eigenvalue weighted by atomic mass is 15.3. The Morgan fingerprint density at radius 1 is 1.14 bits per heavy atom. The van der Waals surface area contributed by atoms with E-state index < -0.39 is 0 Å². The minimum absolute atomic E-state index is 0.537. The standard InChI is InChI=1S/C17H18N4/c1-12-8-14(6-7-19-12)16-11-20-21(2)17(16)15-5-3-4-13(9-15)10-18/h3-9,11H,10,18H2,1-2H3. The van der Waals surface area contributed by atoms with E-state index in [0.717, 1.165) is 33.6 Å². The lowest BCUT2D eigenvalue weighted by molar-refractivity contribution is 0.776. The predicted molar refractivity (Wildman–Crippen MR) is 84.5 cm³/mol. The molecule has 3 rings (SSSR count). The Kier molecular flexibility index (Phi) is 3.54. The van der Waals surface area contributed by atoms with Crippen LogP contribution in [-0.4, -0.2) is 14.8 Å². The van der Waals surface area contributed by atoms with Crippen LogP contribution in [0, 0.1) is 6.92 Å². The summed E-state index contributed by atoms with van der Waals surface area (Å²) in [5, 5.41) is 4.42. The van der Waals surface area contributed by atoms with Crippen LogP contribution in [0.15, 0.2) is 48.8 Å². The van der Waals surface area contributed by atoms with E-state index in [1.807, 2.05) is 49.2 Å². The summed E-state index contributed by atoms with van der Waals surface area (Å²) in [6.07, 6.45) is 3.73. The second-order valence-corrected chi connectivity index (χ2v) is 5.12. The molecule has 0 saturated carbocycles. The van der Waals surface area contributed by atoms with Crippen LogP contribution in [0.4, 0.5) is 0 Å². The van der Waals surface area contributed by atoms with Crippen LogP contribution < -0.4 is 5.73 Å². The molecule has 0 aliphatic rings. The summed E-state index contributed by atoms with van der Waals surface area (Å²) in [4.78, 5) is 4.26. The van der Waals surface area contributed by atoms with Crippen molar-refractivity contribution in [3.05, 3.63) is 60.0 Å². The molecule has 0 unspecified atom stereocenters. The van der Waals surface area contributed by atoms with Crippen LogP contribution in [0.2, 0.25) is 0 Å². The van der Waals surface area contributed by atoms with E-state index in [2.05, 4.69) is 28.3 Å². The highest BCUT2D eigenvalue weighted by Gasteiger charge is 2.13. The lowest BCUT2D eigenvalue weighted by Gasteiger charge is -2.08. The van der Waals surface area contributed by atoms with Crippen molar-refractivity contribution in [1.82, 2.24) is 14.8 Å². The molecular formula is C17H18N4. The van der Waals surface area contributed by atoms with Gasteiger partial charge in [0.05, 0.1) is 11.9 Å². The molecular weight excluding hydrogens is 260 g/mol. The summed E-state index contributed by atoms with van der Waals surface area (Å²) < 4.78 is 1.90. The van der Waals surface area contributed by atoms with E-state index in [0.29, 0.717) is 6.54 Å². The summed E-state index contributed by atoms with van der Waals surface area (Å²) in [5.41, 5.74) is 12.3. The third kappa shape index (κ3) is 2.58. The Hall–Kier alpha value is -2.46. The first-order valence-corrected chi connectivity index (χ1v) is 6.93. The molecule has 2 aromatic heterocycles. The van der Waals surface area contributed by atoms with Gasteiger partial charge in [-0.25, -0.2) is 0 Å². The van der Waals surface area contributed by atoms with Crippen LogP contribution in [0.5, 0.6) is 0 Å². The zero-order chi connectivity index (χ0) is 14.8. The highest BCUT2D eigenvalue weighted by molar-refractivity contribution is 5.81. The number of nitrogens with two attached hydrogens (primary N) is 1. The molecule has 0 bridgehead atoms. The van der Waals surface area contributed by atoms with Gasteiger partial charge in [-0.3, -0.25) is 9.67 Å². The monoisotopic (exact) mass is 278 g/mol. The highest BCUT2D eigenvalue weighted by Crippen LogP contribution is 2.32. The van der Waals surface area contributed by atoms with Gasteiger partial charge in [-0.15, -0.1) is 0 Å². The first-order chi connectivity index (χ1) is 10.2. The van der Waals surface area contributed by atoms with Gasteiger partial charge in [0.1, 0.15) is 0 Å². The first-order valence-electron chi connectivity index (χ1n) is 6.93. The molecule has 2 N–H and O–H groups in total. The predicted octanol–water partition coefficient (Wildman–Crippen LogP) is 2.92. The average molecular weight is 278 g/mol. The molecule has 0 aliphatic carbocycles. The van der Waals surface area contributed by atoms with Gasteiger partial charge in [0.15, 0.2) is 0 Å². The fourth-order valence-corrected chi connectivity index (χ4v) is 2.55. The van der Waals surface area contributed by atoms with Gasteiger partial charge in [-0.1, -0.05) is 18.2 Å². The number of aromatic nitrogens is 3. The van der Waals surface area contributed by atoms with E-state index in [1.54, 1.807) is 0 Å². The summed E-state index contributed by atoms with van der Waals surface area (Å²) in [7, 11) is 1.96. The SMILES string of the molecule is Cc1cc(-c2cnn(C)c2-c2cccc(CN)c2)ccn1. The molecule has 2 heterocycles. The lowest BCUT2D eigenvalue weighted by Crippen LogP contribution is -1.98. The minimum Gasteiger partial charge on any atom is -0.326 e. The van der Waals surface area contributed by atoms with Gasteiger partial charge in [0.25, 0.3) is 0 Å². The van der Waals surface area contributed by atoms with Crippen LogP contribution in [-0.2, 0) is 13.6 Å². The smallest absolute Gasteiger partial charge is 0.0757 e. The number of pyridine rings is 1. The fraction of sp³-hybridized carbons (Fsp3) is 0.176. The number of nitrogens with zero attached hydrogens (tertiary/aromatic N) is 3. The van der Waals surface area contributed by atoms with E-state index in [9.17, 15) is 0 Å². The third-order valence-corrected chi connectivity index (χ3v) is 3.58. The molecule has 4 heteroatoms. The van der Waals surface area contributed by atoms with Crippen molar-refractivity contribution in [2.45, 2.75) is 13.5 Å². The second kappa shape index (κ2) is 5.50. The zero-order valence-corrected chi connectivity index (χ0v) is 12.2. The molecule has 0 fully saturated rings.